The SMILES string of the molecule is COc1ccc([C@H](C)O)c(OCCN2CCOCC2)c1. The van der Waals surface area contributed by atoms with Crippen LogP contribution in [-0.4, -0.2) is 56.6 Å². The molecule has 1 fully saturated rings. The Morgan fingerprint density at radius 1 is 1.35 bits per heavy atom. The van der Waals surface area contributed by atoms with E-state index in [-0.39, 0.29) is 0 Å². The van der Waals surface area contributed by atoms with Gasteiger partial charge in [-0.2, -0.15) is 0 Å². The van der Waals surface area contributed by atoms with Gasteiger partial charge in [-0.3, -0.25) is 4.90 Å². The van der Waals surface area contributed by atoms with Crippen molar-refractivity contribution in [2.24, 2.45) is 0 Å². The van der Waals surface area contributed by atoms with Crippen molar-refractivity contribution in [1.82, 2.24) is 4.90 Å². The summed E-state index contributed by atoms with van der Waals surface area (Å²) < 4.78 is 16.3. The van der Waals surface area contributed by atoms with Crippen LogP contribution in [0.25, 0.3) is 0 Å². The molecule has 1 aliphatic rings. The molecule has 0 saturated carbocycles. The monoisotopic (exact) mass is 281 g/mol. The Bertz CT molecular complexity index is 416. The van der Waals surface area contributed by atoms with Crippen LogP contribution < -0.4 is 9.47 Å². The Kier molecular flexibility index (Phi) is 5.64. The number of aliphatic hydroxyl groups excluding tert-OH is 1. The van der Waals surface area contributed by atoms with Crippen LogP contribution in [0.1, 0.15) is 18.6 Å². The lowest BCUT2D eigenvalue weighted by atomic mass is 10.1. The van der Waals surface area contributed by atoms with E-state index in [0.717, 1.165) is 44.2 Å². The molecule has 0 aromatic heterocycles. The van der Waals surface area contributed by atoms with E-state index >= 15 is 0 Å². The second kappa shape index (κ2) is 7.47. The molecular weight excluding hydrogens is 258 g/mol. The van der Waals surface area contributed by atoms with Gasteiger partial charge in [-0.25, -0.2) is 0 Å². The van der Waals surface area contributed by atoms with Gasteiger partial charge in [0.1, 0.15) is 18.1 Å². The van der Waals surface area contributed by atoms with E-state index in [0.29, 0.717) is 12.4 Å². The van der Waals surface area contributed by atoms with Crippen molar-refractivity contribution in [3.05, 3.63) is 23.8 Å². The summed E-state index contributed by atoms with van der Waals surface area (Å²) in [6, 6.07) is 5.49. The zero-order chi connectivity index (χ0) is 14.4. The smallest absolute Gasteiger partial charge is 0.128 e. The summed E-state index contributed by atoms with van der Waals surface area (Å²) in [5.41, 5.74) is 0.785. The first-order valence-corrected chi connectivity index (χ1v) is 6.99. The molecule has 1 N–H and O–H groups in total. The van der Waals surface area contributed by atoms with Gasteiger partial charge in [0.2, 0.25) is 0 Å². The maximum atomic E-state index is 9.77. The van der Waals surface area contributed by atoms with Crippen LogP contribution in [0.5, 0.6) is 11.5 Å². The fourth-order valence-corrected chi connectivity index (χ4v) is 2.22. The van der Waals surface area contributed by atoms with Crippen LogP contribution in [0, 0.1) is 0 Å². The summed E-state index contributed by atoms with van der Waals surface area (Å²) >= 11 is 0. The molecule has 0 amide bonds. The standard InChI is InChI=1S/C15H23NO4/c1-12(17)14-4-3-13(18-2)11-15(14)20-10-7-16-5-8-19-9-6-16/h3-4,11-12,17H,5-10H2,1-2H3/t12-/m0/s1. The van der Waals surface area contributed by atoms with Crippen molar-refractivity contribution in [3.63, 3.8) is 0 Å². The number of hydrogen-bond donors (Lipinski definition) is 1. The number of benzene rings is 1. The minimum Gasteiger partial charge on any atom is -0.497 e. The predicted octanol–water partition coefficient (Wildman–Crippen LogP) is 1.46. The average Bonchev–Trinajstić information content (AvgIpc) is 2.48. The van der Waals surface area contributed by atoms with Gasteiger partial charge >= 0.3 is 0 Å². The van der Waals surface area contributed by atoms with Crippen molar-refractivity contribution < 1.29 is 19.3 Å². The van der Waals surface area contributed by atoms with E-state index in [1.165, 1.54) is 0 Å². The first kappa shape index (κ1) is 15.1. The van der Waals surface area contributed by atoms with Gasteiger partial charge in [-0.05, 0) is 19.1 Å². The summed E-state index contributed by atoms with van der Waals surface area (Å²) in [5, 5.41) is 9.77. The van der Waals surface area contributed by atoms with Crippen LogP contribution in [0.2, 0.25) is 0 Å². The molecule has 112 valence electrons. The Labute approximate surface area is 120 Å². The molecule has 1 aromatic carbocycles. The highest BCUT2D eigenvalue weighted by molar-refractivity contribution is 5.41. The van der Waals surface area contributed by atoms with E-state index in [1.807, 2.05) is 18.2 Å². The summed E-state index contributed by atoms with van der Waals surface area (Å²) in [5.74, 6) is 1.42. The van der Waals surface area contributed by atoms with Crippen LogP contribution in [0.15, 0.2) is 18.2 Å². The predicted molar refractivity (Wildman–Crippen MR) is 76.4 cm³/mol. The number of aliphatic hydroxyl groups is 1. The number of ether oxygens (including phenoxy) is 3. The highest BCUT2D eigenvalue weighted by atomic mass is 16.5. The molecule has 1 aromatic rings. The van der Waals surface area contributed by atoms with Gasteiger partial charge in [-0.15, -0.1) is 0 Å². The maximum absolute atomic E-state index is 9.77. The van der Waals surface area contributed by atoms with E-state index in [1.54, 1.807) is 14.0 Å². The first-order chi connectivity index (χ1) is 9.70. The summed E-state index contributed by atoms with van der Waals surface area (Å²) in [6.07, 6.45) is -0.556. The Morgan fingerprint density at radius 2 is 2.10 bits per heavy atom. The number of rotatable bonds is 6. The largest absolute Gasteiger partial charge is 0.497 e. The van der Waals surface area contributed by atoms with E-state index < -0.39 is 6.10 Å². The van der Waals surface area contributed by atoms with Gasteiger partial charge in [0.05, 0.1) is 26.4 Å². The Hall–Kier alpha value is -1.30. The number of morpholine rings is 1. The molecule has 5 heteroatoms. The zero-order valence-electron chi connectivity index (χ0n) is 12.2. The van der Waals surface area contributed by atoms with Crippen LogP contribution in [0.3, 0.4) is 0 Å². The molecule has 1 heterocycles. The molecule has 0 spiro atoms. The van der Waals surface area contributed by atoms with Crippen molar-refractivity contribution in [1.29, 1.82) is 0 Å². The lowest BCUT2D eigenvalue weighted by molar-refractivity contribution is 0.0320. The lowest BCUT2D eigenvalue weighted by Gasteiger charge is -2.26. The molecule has 1 aliphatic heterocycles. The lowest BCUT2D eigenvalue weighted by Crippen LogP contribution is -2.38. The summed E-state index contributed by atoms with van der Waals surface area (Å²) in [4.78, 5) is 2.31. The second-order valence-corrected chi connectivity index (χ2v) is 4.88. The molecule has 1 saturated heterocycles. The quantitative estimate of drug-likeness (QED) is 0.855. The van der Waals surface area contributed by atoms with E-state index in [4.69, 9.17) is 14.2 Å². The molecule has 0 radical (unpaired) electrons. The number of methoxy groups -OCH3 is 1. The molecule has 2 rings (SSSR count). The second-order valence-electron chi connectivity index (χ2n) is 4.88. The van der Waals surface area contributed by atoms with E-state index in [9.17, 15) is 5.11 Å². The van der Waals surface area contributed by atoms with E-state index in [2.05, 4.69) is 4.90 Å². The molecule has 0 aliphatic carbocycles. The molecule has 0 unspecified atom stereocenters. The maximum Gasteiger partial charge on any atom is 0.128 e. The topological polar surface area (TPSA) is 51.2 Å². The third-order valence-electron chi connectivity index (χ3n) is 3.44. The van der Waals surface area contributed by atoms with Crippen LogP contribution in [0.4, 0.5) is 0 Å². The van der Waals surface area contributed by atoms with Crippen LogP contribution in [-0.2, 0) is 4.74 Å². The van der Waals surface area contributed by atoms with Crippen molar-refractivity contribution in [2.45, 2.75) is 13.0 Å². The van der Waals surface area contributed by atoms with Crippen LogP contribution >= 0.6 is 0 Å². The van der Waals surface area contributed by atoms with Crippen molar-refractivity contribution in [3.8, 4) is 11.5 Å². The molecule has 1 atom stereocenters. The van der Waals surface area contributed by atoms with Crippen molar-refractivity contribution >= 4 is 0 Å². The fourth-order valence-electron chi connectivity index (χ4n) is 2.22. The molecule has 20 heavy (non-hydrogen) atoms. The number of hydrogen-bond acceptors (Lipinski definition) is 5. The highest BCUT2D eigenvalue weighted by Crippen LogP contribution is 2.29. The zero-order valence-corrected chi connectivity index (χ0v) is 12.2. The minimum absolute atomic E-state index is 0.556. The van der Waals surface area contributed by atoms with Gasteiger partial charge < -0.3 is 19.3 Å². The summed E-state index contributed by atoms with van der Waals surface area (Å²) in [6.45, 7) is 6.66. The molecule has 0 bridgehead atoms. The molecular formula is C15H23NO4. The molecule has 5 nitrogen and oxygen atoms in total. The minimum atomic E-state index is -0.556. The van der Waals surface area contributed by atoms with Gasteiger partial charge in [0.15, 0.2) is 0 Å². The highest BCUT2D eigenvalue weighted by Gasteiger charge is 2.13. The van der Waals surface area contributed by atoms with Gasteiger partial charge in [-0.1, -0.05) is 0 Å². The number of nitrogens with zero attached hydrogens (tertiary/aromatic N) is 1. The van der Waals surface area contributed by atoms with Gasteiger partial charge in [0.25, 0.3) is 0 Å². The Balaban J connectivity index is 1.92. The van der Waals surface area contributed by atoms with Gasteiger partial charge in [0, 0.05) is 31.3 Å². The third kappa shape index (κ3) is 4.10. The Morgan fingerprint density at radius 3 is 2.75 bits per heavy atom. The van der Waals surface area contributed by atoms with Crippen molar-refractivity contribution in [2.75, 3.05) is 46.6 Å². The third-order valence-corrected chi connectivity index (χ3v) is 3.44. The average molecular weight is 281 g/mol. The fraction of sp³-hybridized carbons (Fsp3) is 0.600. The normalized spacial score (nSPS) is 17.8. The first-order valence-electron chi connectivity index (χ1n) is 6.99. The summed E-state index contributed by atoms with van der Waals surface area (Å²) in [7, 11) is 1.62.